The van der Waals surface area contributed by atoms with Crippen molar-refractivity contribution in [2.75, 3.05) is 13.2 Å². The molecule has 0 radical (unpaired) electrons. The Bertz CT molecular complexity index is 113. The lowest BCUT2D eigenvalue weighted by molar-refractivity contribution is -0.149. The number of alkyl halides is 1. The summed E-state index contributed by atoms with van der Waals surface area (Å²) in [6.07, 6.45) is -1.51. The van der Waals surface area contributed by atoms with Gasteiger partial charge in [-0.15, -0.1) is 12.4 Å². The summed E-state index contributed by atoms with van der Waals surface area (Å²) < 4.78 is 16.8. The van der Waals surface area contributed by atoms with E-state index in [-0.39, 0.29) is 32.0 Å². The fourth-order valence-electron chi connectivity index (χ4n) is 0.497. The second-order valence-electron chi connectivity index (χ2n) is 1.80. The van der Waals surface area contributed by atoms with Crippen LogP contribution in [0.1, 0.15) is 13.3 Å². The molecule has 0 saturated heterocycles. The number of carbonyl (C=O) groups excluding carboxylic acids is 1. The Balaban J connectivity index is 0. The highest BCUT2D eigenvalue weighted by atomic mass is 35.5. The number of esters is 1. The van der Waals surface area contributed by atoms with Crippen LogP contribution >= 0.6 is 12.4 Å². The van der Waals surface area contributed by atoms with Gasteiger partial charge in [0, 0.05) is 6.42 Å². The molecule has 0 saturated carbocycles. The van der Waals surface area contributed by atoms with Gasteiger partial charge in [-0.2, -0.15) is 0 Å². The van der Waals surface area contributed by atoms with Crippen molar-refractivity contribution >= 4 is 18.4 Å². The minimum atomic E-state index is -1.55. The number of ether oxygens (including phenoxy) is 1. The lowest BCUT2D eigenvalue weighted by atomic mass is 10.3. The van der Waals surface area contributed by atoms with Gasteiger partial charge in [-0.25, -0.2) is 9.18 Å². The van der Waals surface area contributed by atoms with Gasteiger partial charge in [0.05, 0.1) is 6.61 Å². The quantitative estimate of drug-likeness (QED) is 0.655. The van der Waals surface area contributed by atoms with E-state index in [1.54, 1.807) is 6.92 Å². The third kappa shape index (κ3) is 6.06. The first kappa shape index (κ1) is 13.3. The standard InChI is InChI=1S/C6H12FNO2.ClH/c1-2-10-6(9)5(7)3-4-8;/h5H,2-4,8H2,1H3;1H. The fraction of sp³-hybridized carbons (Fsp3) is 0.833. The lowest BCUT2D eigenvalue weighted by Gasteiger charge is -2.04. The Kier molecular flexibility index (Phi) is 9.34. The molecule has 0 rings (SSSR count). The van der Waals surface area contributed by atoms with Crippen LogP contribution in [0.15, 0.2) is 0 Å². The van der Waals surface area contributed by atoms with Gasteiger partial charge in [0.15, 0.2) is 6.17 Å². The predicted molar refractivity (Wildman–Crippen MR) is 42.4 cm³/mol. The molecule has 1 atom stereocenters. The van der Waals surface area contributed by atoms with Gasteiger partial charge in [0.1, 0.15) is 0 Å². The van der Waals surface area contributed by atoms with E-state index in [0.29, 0.717) is 0 Å². The first-order valence-corrected chi connectivity index (χ1v) is 3.23. The van der Waals surface area contributed by atoms with Gasteiger partial charge in [-0.05, 0) is 13.5 Å². The van der Waals surface area contributed by atoms with Gasteiger partial charge in [-0.3, -0.25) is 0 Å². The van der Waals surface area contributed by atoms with E-state index < -0.39 is 12.1 Å². The van der Waals surface area contributed by atoms with Gasteiger partial charge >= 0.3 is 5.97 Å². The van der Waals surface area contributed by atoms with Crippen molar-refractivity contribution < 1.29 is 13.9 Å². The maximum atomic E-state index is 12.4. The number of nitrogens with two attached hydrogens (primary N) is 1. The smallest absolute Gasteiger partial charge is 0.340 e. The molecule has 0 bridgehead atoms. The van der Waals surface area contributed by atoms with E-state index >= 15 is 0 Å². The maximum Gasteiger partial charge on any atom is 0.340 e. The molecule has 0 aromatic carbocycles. The summed E-state index contributed by atoms with van der Waals surface area (Å²) in [5, 5.41) is 0. The van der Waals surface area contributed by atoms with Gasteiger partial charge in [0.25, 0.3) is 0 Å². The third-order valence-electron chi connectivity index (χ3n) is 0.962. The van der Waals surface area contributed by atoms with Crippen LogP contribution in [0.5, 0.6) is 0 Å². The van der Waals surface area contributed by atoms with Crippen molar-refractivity contribution in [1.82, 2.24) is 0 Å². The molecule has 0 aliphatic heterocycles. The van der Waals surface area contributed by atoms with Crippen LogP contribution in [0.3, 0.4) is 0 Å². The lowest BCUT2D eigenvalue weighted by Crippen LogP contribution is -2.21. The van der Waals surface area contributed by atoms with E-state index in [2.05, 4.69) is 4.74 Å². The molecule has 0 spiro atoms. The van der Waals surface area contributed by atoms with Crippen LogP contribution in [-0.2, 0) is 9.53 Å². The SMILES string of the molecule is CCOC(=O)C(F)CCN.Cl. The average molecular weight is 186 g/mol. The molecule has 3 nitrogen and oxygen atoms in total. The number of carbonyl (C=O) groups is 1. The first-order chi connectivity index (χ1) is 4.72. The van der Waals surface area contributed by atoms with Crippen LogP contribution in [0.2, 0.25) is 0 Å². The molecular formula is C6H13ClFNO2. The summed E-state index contributed by atoms with van der Waals surface area (Å²) in [6.45, 7) is 2.01. The Morgan fingerprint density at radius 3 is 2.64 bits per heavy atom. The second kappa shape index (κ2) is 7.75. The normalized spacial score (nSPS) is 11.5. The molecule has 0 aliphatic rings. The van der Waals surface area contributed by atoms with E-state index in [1.165, 1.54) is 0 Å². The highest BCUT2D eigenvalue weighted by molar-refractivity contribution is 5.85. The van der Waals surface area contributed by atoms with Crippen molar-refractivity contribution in [2.45, 2.75) is 19.5 Å². The van der Waals surface area contributed by atoms with E-state index in [4.69, 9.17) is 5.73 Å². The van der Waals surface area contributed by atoms with Crippen molar-refractivity contribution in [1.29, 1.82) is 0 Å². The fourth-order valence-corrected chi connectivity index (χ4v) is 0.497. The Morgan fingerprint density at radius 1 is 1.73 bits per heavy atom. The molecule has 11 heavy (non-hydrogen) atoms. The molecule has 68 valence electrons. The maximum absolute atomic E-state index is 12.4. The van der Waals surface area contributed by atoms with Crippen LogP contribution in [0.4, 0.5) is 4.39 Å². The molecule has 0 amide bonds. The largest absolute Gasteiger partial charge is 0.464 e. The Labute approximate surface area is 71.5 Å². The molecule has 0 aliphatic carbocycles. The van der Waals surface area contributed by atoms with E-state index in [1.807, 2.05) is 0 Å². The molecule has 0 aromatic heterocycles. The molecule has 0 fully saturated rings. The zero-order chi connectivity index (χ0) is 7.98. The minimum Gasteiger partial charge on any atom is -0.464 e. The van der Waals surface area contributed by atoms with E-state index in [9.17, 15) is 9.18 Å². The number of rotatable bonds is 4. The predicted octanol–water partition coefficient (Wildman–Crippen LogP) is 0.658. The van der Waals surface area contributed by atoms with Crippen molar-refractivity contribution in [3.05, 3.63) is 0 Å². The number of hydrogen-bond acceptors (Lipinski definition) is 3. The third-order valence-corrected chi connectivity index (χ3v) is 0.962. The summed E-state index contributed by atoms with van der Waals surface area (Å²) in [5.41, 5.74) is 5.02. The monoisotopic (exact) mass is 185 g/mol. The number of hydrogen-bond donors (Lipinski definition) is 1. The van der Waals surface area contributed by atoms with Gasteiger partial charge in [0.2, 0.25) is 0 Å². The van der Waals surface area contributed by atoms with Crippen LogP contribution < -0.4 is 5.73 Å². The van der Waals surface area contributed by atoms with E-state index in [0.717, 1.165) is 0 Å². The zero-order valence-electron chi connectivity index (χ0n) is 6.38. The van der Waals surface area contributed by atoms with Crippen molar-refractivity contribution in [2.24, 2.45) is 5.73 Å². The van der Waals surface area contributed by atoms with Crippen LogP contribution in [-0.4, -0.2) is 25.3 Å². The summed E-state index contributed by atoms with van der Waals surface area (Å²) in [6, 6.07) is 0. The van der Waals surface area contributed by atoms with Gasteiger partial charge in [-0.1, -0.05) is 0 Å². The molecule has 5 heteroatoms. The Morgan fingerprint density at radius 2 is 2.27 bits per heavy atom. The number of halogens is 2. The average Bonchev–Trinajstić information content (AvgIpc) is 1.89. The second-order valence-corrected chi connectivity index (χ2v) is 1.80. The first-order valence-electron chi connectivity index (χ1n) is 3.23. The van der Waals surface area contributed by atoms with Crippen molar-refractivity contribution in [3.63, 3.8) is 0 Å². The van der Waals surface area contributed by atoms with Crippen molar-refractivity contribution in [3.8, 4) is 0 Å². The highest BCUT2D eigenvalue weighted by Crippen LogP contribution is 1.98. The van der Waals surface area contributed by atoms with Crippen LogP contribution in [0, 0.1) is 0 Å². The summed E-state index contributed by atoms with van der Waals surface area (Å²) in [4.78, 5) is 10.5. The zero-order valence-corrected chi connectivity index (χ0v) is 7.20. The molecule has 0 aromatic rings. The molecular weight excluding hydrogens is 173 g/mol. The molecule has 1 unspecified atom stereocenters. The summed E-state index contributed by atoms with van der Waals surface area (Å²) in [5.74, 6) is -0.812. The van der Waals surface area contributed by atoms with Gasteiger partial charge < -0.3 is 10.5 Å². The van der Waals surface area contributed by atoms with Crippen LogP contribution in [0.25, 0.3) is 0 Å². The Hall–Kier alpha value is -0.350. The molecule has 2 N–H and O–H groups in total. The summed E-state index contributed by atoms with van der Waals surface area (Å²) >= 11 is 0. The topological polar surface area (TPSA) is 52.3 Å². The molecule has 0 heterocycles. The summed E-state index contributed by atoms with van der Waals surface area (Å²) in [7, 11) is 0. The minimum absolute atomic E-state index is 0. The highest BCUT2D eigenvalue weighted by Gasteiger charge is 2.16.